The molecule has 2 aromatic carbocycles. The van der Waals surface area contributed by atoms with Gasteiger partial charge in [-0.3, -0.25) is 9.59 Å². The summed E-state index contributed by atoms with van der Waals surface area (Å²) in [5.41, 5.74) is 4.90. The highest BCUT2D eigenvalue weighted by atomic mass is 32.1. The molecule has 0 bridgehead atoms. The number of nitriles is 1. The molecule has 35 heavy (non-hydrogen) atoms. The summed E-state index contributed by atoms with van der Waals surface area (Å²) < 4.78 is 13.2. The highest BCUT2D eigenvalue weighted by molar-refractivity contribution is 7.16. The normalized spacial score (nSPS) is 14.1. The first kappa shape index (κ1) is 23.1. The topological polar surface area (TPSA) is 85.2 Å². The number of carbonyl (C=O) groups is 2. The van der Waals surface area contributed by atoms with Gasteiger partial charge in [-0.15, -0.1) is 11.3 Å². The van der Waals surface area contributed by atoms with Gasteiger partial charge < -0.3 is 15.5 Å². The summed E-state index contributed by atoms with van der Waals surface area (Å²) >= 11 is 1.53. The van der Waals surface area contributed by atoms with Crippen LogP contribution in [0.25, 0.3) is 0 Å². The molecule has 178 valence electrons. The Hall–Kier alpha value is -3.70. The largest absolute Gasteiger partial charge is 0.371 e. The van der Waals surface area contributed by atoms with E-state index in [2.05, 4.69) is 21.6 Å². The van der Waals surface area contributed by atoms with Crippen LogP contribution in [0.2, 0.25) is 0 Å². The Morgan fingerprint density at radius 2 is 1.83 bits per heavy atom. The first-order valence-electron chi connectivity index (χ1n) is 11.8. The van der Waals surface area contributed by atoms with Crippen molar-refractivity contribution in [3.05, 3.63) is 75.4 Å². The third-order valence-electron chi connectivity index (χ3n) is 6.60. The lowest BCUT2D eigenvalue weighted by Crippen LogP contribution is -2.33. The molecule has 0 fully saturated rings. The second-order valence-corrected chi connectivity index (χ2v) is 9.93. The average molecular weight is 489 g/mol. The number of thiophene rings is 1. The maximum absolute atomic E-state index is 13.2. The predicted octanol–water partition coefficient (Wildman–Crippen LogP) is 5.28. The van der Waals surface area contributed by atoms with Gasteiger partial charge >= 0.3 is 0 Å². The van der Waals surface area contributed by atoms with Gasteiger partial charge in [0.15, 0.2) is 0 Å². The molecule has 2 aliphatic rings. The minimum atomic E-state index is -0.384. The van der Waals surface area contributed by atoms with Crippen LogP contribution in [0.1, 0.15) is 51.2 Å². The van der Waals surface area contributed by atoms with Gasteiger partial charge in [0, 0.05) is 41.3 Å². The van der Waals surface area contributed by atoms with E-state index in [1.54, 1.807) is 0 Å². The lowest BCUT2D eigenvalue weighted by molar-refractivity contribution is -0.116. The summed E-state index contributed by atoms with van der Waals surface area (Å²) in [6.07, 6.45) is 5.01. The van der Waals surface area contributed by atoms with E-state index >= 15 is 0 Å². The monoisotopic (exact) mass is 488 g/mol. The zero-order valence-electron chi connectivity index (χ0n) is 19.2. The number of anilines is 3. The van der Waals surface area contributed by atoms with E-state index in [1.165, 1.54) is 40.5 Å². The van der Waals surface area contributed by atoms with E-state index in [4.69, 9.17) is 0 Å². The van der Waals surface area contributed by atoms with Crippen molar-refractivity contribution in [1.82, 2.24) is 0 Å². The molecule has 1 aromatic heterocycles. The number of rotatable bonds is 6. The van der Waals surface area contributed by atoms with Gasteiger partial charge in [-0.05, 0) is 79.6 Å². The maximum Gasteiger partial charge on any atom is 0.255 e. The molecule has 1 aliphatic carbocycles. The molecule has 0 spiro atoms. The van der Waals surface area contributed by atoms with E-state index in [1.807, 2.05) is 18.2 Å². The van der Waals surface area contributed by atoms with Gasteiger partial charge in [-0.2, -0.15) is 5.26 Å². The summed E-state index contributed by atoms with van der Waals surface area (Å²) in [6, 6.07) is 13.5. The van der Waals surface area contributed by atoms with Crippen molar-refractivity contribution in [3.8, 4) is 6.07 Å². The van der Waals surface area contributed by atoms with Crippen LogP contribution >= 0.6 is 11.3 Å². The van der Waals surface area contributed by atoms with Gasteiger partial charge in [0.25, 0.3) is 5.91 Å². The third kappa shape index (κ3) is 4.77. The molecule has 0 saturated carbocycles. The molecule has 0 radical (unpaired) electrons. The number of hydrogen-bond donors (Lipinski definition) is 2. The minimum Gasteiger partial charge on any atom is -0.371 e. The van der Waals surface area contributed by atoms with Crippen LogP contribution < -0.4 is 15.5 Å². The van der Waals surface area contributed by atoms with Crippen LogP contribution in [0.15, 0.2) is 42.5 Å². The van der Waals surface area contributed by atoms with Crippen molar-refractivity contribution in [2.24, 2.45) is 0 Å². The maximum atomic E-state index is 13.2. The Morgan fingerprint density at radius 3 is 2.63 bits per heavy atom. The summed E-state index contributed by atoms with van der Waals surface area (Å²) in [7, 11) is 0. The third-order valence-corrected chi connectivity index (χ3v) is 7.80. The Balaban J connectivity index is 1.25. The fourth-order valence-corrected chi connectivity index (χ4v) is 6.14. The number of nitrogens with zero attached hydrogens (tertiary/aromatic N) is 2. The lowest BCUT2D eigenvalue weighted by atomic mass is 9.99. The number of fused-ring (bicyclic) bond motifs is 2. The number of aryl methyl sites for hydroxylation is 1. The molecular weight excluding hydrogens is 463 g/mol. The van der Waals surface area contributed by atoms with E-state index in [9.17, 15) is 19.2 Å². The number of amides is 2. The zero-order valence-corrected chi connectivity index (χ0v) is 20.0. The van der Waals surface area contributed by atoms with Crippen LogP contribution in [0.4, 0.5) is 20.8 Å². The second kappa shape index (κ2) is 9.88. The minimum absolute atomic E-state index is 0.102. The molecule has 6 nitrogen and oxygen atoms in total. The molecule has 2 amide bonds. The van der Waals surface area contributed by atoms with Crippen molar-refractivity contribution in [3.63, 3.8) is 0 Å². The zero-order chi connectivity index (χ0) is 24.4. The summed E-state index contributed by atoms with van der Waals surface area (Å²) in [5.74, 6) is -0.772. The first-order chi connectivity index (χ1) is 17.0. The molecule has 0 saturated heterocycles. The Labute approximate surface area is 207 Å². The van der Waals surface area contributed by atoms with Crippen LogP contribution in [-0.4, -0.2) is 24.9 Å². The van der Waals surface area contributed by atoms with E-state index in [0.717, 1.165) is 61.2 Å². The molecular formula is C27H25FN4O2S. The molecule has 3 aromatic rings. The number of halogens is 1. The van der Waals surface area contributed by atoms with E-state index < -0.39 is 0 Å². The van der Waals surface area contributed by atoms with Crippen LogP contribution in [-0.2, 0) is 24.1 Å². The van der Waals surface area contributed by atoms with Gasteiger partial charge in [-0.25, -0.2) is 4.39 Å². The fourth-order valence-electron chi connectivity index (χ4n) is 4.88. The van der Waals surface area contributed by atoms with Crippen molar-refractivity contribution in [2.45, 2.75) is 38.5 Å². The number of hydrogen-bond acceptors (Lipinski definition) is 5. The fraction of sp³-hybridized carbons (Fsp3) is 0.296. The Morgan fingerprint density at radius 1 is 1.03 bits per heavy atom. The van der Waals surface area contributed by atoms with Gasteiger partial charge in [0.2, 0.25) is 5.91 Å². The SMILES string of the molecule is N#Cc1c(NC(=O)CCN2CCCc3c(NC(=O)c4ccc(F)cc4)cccc32)sc2c1CCC2. The van der Waals surface area contributed by atoms with Crippen molar-refractivity contribution >= 4 is 39.5 Å². The number of benzene rings is 2. The Kier molecular flexibility index (Phi) is 6.51. The van der Waals surface area contributed by atoms with Crippen molar-refractivity contribution < 1.29 is 14.0 Å². The molecule has 2 heterocycles. The van der Waals surface area contributed by atoms with Crippen LogP contribution in [0, 0.1) is 17.1 Å². The molecule has 2 N–H and O–H groups in total. The van der Waals surface area contributed by atoms with Crippen molar-refractivity contribution in [1.29, 1.82) is 5.26 Å². The summed E-state index contributed by atoms with van der Waals surface area (Å²) in [6.45, 7) is 1.37. The van der Waals surface area contributed by atoms with Crippen LogP contribution in [0.5, 0.6) is 0 Å². The lowest BCUT2D eigenvalue weighted by Gasteiger charge is -2.32. The van der Waals surface area contributed by atoms with Gasteiger partial charge in [0.05, 0.1) is 5.56 Å². The quantitative estimate of drug-likeness (QED) is 0.494. The van der Waals surface area contributed by atoms with Crippen molar-refractivity contribution in [2.75, 3.05) is 28.6 Å². The second-order valence-electron chi connectivity index (χ2n) is 8.83. The molecule has 8 heteroatoms. The predicted molar refractivity (Wildman–Crippen MR) is 136 cm³/mol. The van der Waals surface area contributed by atoms with E-state index in [-0.39, 0.29) is 17.6 Å². The van der Waals surface area contributed by atoms with Crippen LogP contribution in [0.3, 0.4) is 0 Å². The first-order valence-corrected chi connectivity index (χ1v) is 12.6. The average Bonchev–Trinajstić information content (AvgIpc) is 3.44. The smallest absolute Gasteiger partial charge is 0.255 e. The number of nitrogens with one attached hydrogen (secondary N) is 2. The summed E-state index contributed by atoms with van der Waals surface area (Å²) in [5, 5.41) is 16.1. The van der Waals surface area contributed by atoms with E-state index in [0.29, 0.717) is 29.1 Å². The highest BCUT2D eigenvalue weighted by Gasteiger charge is 2.24. The molecule has 1 aliphatic heterocycles. The molecule has 0 unspecified atom stereocenters. The highest BCUT2D eigenvalue weighted by Crippen LogP contribution is 2.38. The Bertz CT molecular complexity index is 1330. The molecule has 5 rings (SSSR count). The molecule has 0 atom stereocenters. The van der Waals surface area contributed by atoms with Gasteiger partial charge in [-0.1, -0.05) is 6.07 Å². The standard InChI is InChI=1S/C27H25FN4O2S/c28-18-11-9-17(10-12-18)26(34)30-22-6-2-7-23-20(22)5-3-14-32(23)15-13-25(33)31-27-21(16-29)19-4-1-8-24(19)35-27/h2,6-7,9-12H,1,3-5,8,13-15H2,(H,30,34)(H,31,33). The van der Waals surface area contributed by atoms with Gasteiger partial charge in [0.1, 0.15) is 16.9 Å². The summed E-state index contributed by atoms with van der Waals surface area (Å²) in [4.78, 5) is 28.8. The number of carbonyl (C=O) groups excluding carboxylic acids is 2.